The maximum atomic E-state index is 9.57. The molecule has 1 saturated carbocycles. The molecule has 0 aromatic carbocycles. The number of aliphatic hydroxyl groups is 1. The predicted molar refractivity (Wildman–Crippen MR) is 80.2 cm³/mol. The summed E-state index contributed by atoms with van der Waals surface area (Å²) in [5.41, 5.74) is 0.944. The molecule has 0 spiro atoms. The molecule has 1 aliphatic heterocycles. The summed E-state index contributed by atoms with van der Waals surface area (Å²) >= 11 is 3.43. The van der Waals surface area contributed by atoms with Crippen LogP contribution in [-0.4, -0.2) is 22.7 Å². The summed E-state index contributed by atoms with van der Waals surface area (Å²) in [6.45, 7) is 1.15. The molecule has 104 valence electrons. The number of pyridine rings is 1. The van der Waals surface area contributed by atoms with Gasteiger partial charge in [-0.25, -0.2) is 4.98 Å². The van der Waals surface area contributed by atoms with Crippen LogP contribution >= 0.6 is 15.9 Å². The van der Waals surface area contributed by atoms with Gasteiger partial charge in [0.15, 0.2) is 0 Å². The first kappa shape index (κ1) is 13.4. The average Bonchev–Trinajstić information content (AvgIpc) is 3.08. The second-order valence-corrected chi connectivity index (χ2v) is 6.66. The fourth-order valence-electron chi connectivity index (χ4n) is 3.74. The number of anilines is 1. The molecule has 0 amide bonds. The number of halogens is 1. The monoisotopic (exact) mass is 324 g/mol. The van der Waals surface area contributed by atoms with E-state index in [1.807, 2.05) is 12.3 Å². The van der Waals surface area contributed by atoms with Crippen molar-refractivity contribution >= 4 is 21.7 Å². The maximum absolute atomic E-state index is 9.57. The molecule has 1 N–H and O–H groups in total. The van der Waals surface area contributed by atoms with E-state index in [-0.39, 0.29) is 6.61 Å². The smallest absolute Gasteiger partial charge is 0.134 e. The minimum Gasteiger partial charge on any atom is -0.392 e. The van der Waals surface area contributed by atoms with Crippen molar-refractivity contribution in [3.05, 3.63) is 22.3 Å². The lowest BCUT2D eigenvalue weighted by molar-refractivity contribution is 0.281. The first-order valence-corrected chi connectivity index (χ1v) is 8.11. The van der Waals surface area contributed by atoms with Crippen LogP contribution in [0.3, 0.4) is 0 Å². The molecule has 1 aromatic heterocycles. The molecule has 0 bridgehead atoms. The van der Waals surface area contributed by atoms with Gasteiger partial charge in [-0.3, -0.25) is 0 Å². The van der Waals surface area contributed by atoms with Gasteiger partial charge in [0.1, 0.15) is 5.82 Å². The van der Waals surface area contributed by atoms with Gasteiger partial charge in [0.25, 0.3) is 0 Å². The van der Waals surface area contributed by atoms with Crippen molar-refractivity contribution in [3.63, 3.8) is 0 Å². The van der Waals surface area contributed by atoms with Crippen LogP contribution in [0.2, 0.25) is 0 Å². The molecule has 1 aromatic rings. The molecule has 2 aliphatic rings. The molecule has 1 unspecified atom stereocenters. The van der Waals surface area contributed by atoms with Crippen molar-refractivity contribution in [1.29, 1.82) is 0 Å². The Labute approximate surface area is 123 Å². The number of hydrogen-bond donors (Lipinski definition) is 1. The first-order chi connectivity index (χ1) is 9.29. The molecule has 3 rings (SSSR count). The zero-order chi connectivity index (χ0) is 13.2. The van der Waals surface area contributed by atoms with Gasteiger partial charge in [0.2, 0.25) is 0 Å². The minimum absolute atomic E-state index is 0.0651. The second kappa shape index (κ2) is 5.80. The lowest BCUT2D eigenvalue weighted by Gasteiger charge is -2.31. The van der Waals surface area contributed by atoms with E-state index < -0.39 is 0 Å². The zero-order valence-electron chi connectivity index (χ0n) is 11.2. The minimum atomic E-state index is 0.0651. The highest BCUT2D eigenvalue weighted by Gasteiger charge is 2.34. The SMILES string of the molecule is OCc1cc(Br)cnc1N1CCCC1C1CCCC1. The zero-order valence-corrected chi connectivity index (χ0v) is 12.8. The van der Waals surface area contributed by atoms with Gasteiger partial charge in [-0.2, -0.15) is 0 Å². The van der Waals surface area contributed by atoms with Crippen LogP contribution < -0.4 is 4.90 Å². The Balaban J connectivity index is 1.87. The van der Waals surface area contributed by atoms with Crippen LogP contribution in [0.4, 0.5) is 5.82 Å². The second-order valence-electron chi connectivity index (χ2n) is 5.74. The van der Waals surface area contributed by atoms with Crippen LogP contribution in [0.5, 0.6) is 0 Å². The first-order valence-electron chi connectivity index (χ1n) is 7.31. The standard InChI is InChI=1S/C15H21BrN2O/c16-13-8-12(10-19)15(17-9-13)18-7-3-6-14(18)11-4-1-2-5-11/h8-9,11,14,19H,1-7,10H2. The number of aromatic nitrogens is 1. The molecule has 4 heteroatoms. The third-order valence-electron chi connectivity index (χ3n) is 4.60. The van der Waals surface area contributed by atoms with E-state index in [0.29, 0.717) is 6.04 Å². The van der Waals surface area contributed by atoms with Gasteiger partial charge in [-0.15, -0.1) is 0 Å². The lowest BCUT2D eigenvalue weighted by Crippen LogP contribution is -2.35. The topological polar surface area (TPSA) is 36.4 Å². The molecule has 1 aliphatic carbocycles. The van der Waals surface area contributed by atoms with Gasteiger partial charge in [-0.1, -0.05) is 12.8 Å². The molecule has 19 heavy (non-hydrogen) atoms. The quantitative estimate of drug-likeness (QED) is 0.924. The normalized spacial score (nSPS) is 24.3. The predicted octanol–water partition coefficient (Wildman–Crippen LogP) is 3.50. The molecular formula is C15H21BrN2O. The van der Waals surface area contributed by atoms with Crippen molar-refractivity contribution in [2.75, 3.05) is 11.4 Å². The molecule has 0 radical (unpaired) electrons. The Morgan fingerprint density at radius 1 is 1.26 bits per heavy atom. The summed E-state index contributed by atoms with van der Waals surface area (Å²) in [5.74, 6) is 1.83. The fourth-order valence-corrected chi connectivity index (χ4v) is 4.12. The van der Waals surface area contributed by atoms with Crippen LogP contribution in [0.15, 0.2) is 16.7 Å². The van der Waals surface area contributed by atoms with E-state index in [1.165, 1.54) is 38.5 Å². The van der Waals surface area contributed by atoms with Gasteiger partial charge in [0.05, 0.1) is 6.61 Å². The highest BCUT2D eigenvalue weighted by molar-refractivity contribution is 9.10. The van der Waals surface area contributed by atoms with Gasteiger partial charge < -0.3 is 10.0 Å². The van der Waals surface area contributed by atoms with Gasteiger partial charge in [0, 0.05) is 28.8 Å². The van der Waals surface area contributed by atoms with Crippen LogP contribution in [0, 0.1) is 5.92 Å². The summed E-state index contributed by atoms with van der Waals surface area (Å²) in [7, 11) is 0. The largest absolute Gasteiger partial charge is 0.392 e. The van der Waals surface area contributed by atoms with Crippen LogP contribution in [0.1, 0.15) is 44.1 Å². The Bertz CT molecular complexity index is 446. The van der Waals surface area contributed by atoms with Gasteiger partial charge in [-0.05, 0) is 53.6 Å². The summed E-state index contributed by atoms with van der Waals surface area (Å²) in [4.78, 5) is 7.02. The van der Waals surface area contributed by atoms with Crippen molar-refractivity contribution in [2.45, 2.75) is 51.2 Å². The lowest BCUT2D eigenvalue weighted by atomic mass is 9.96. The summed E-state index contributed by atoms with van der Waals surface area (Å²) in [5, 5.41) is 9.57. The molecule has 2 heterocycles. The Kier molecular flexibility index (Phi) is 4.08. The number of nitrogens with zero attached hydrogens (tertiary/aromatic N) is 2. The van der Waals surface area contributed by atoms with E-state index >= 15 is 0 Å². The summed E-state index contributed by atoms with van der Waals surface area (Å²) < 4.78 is 0.942. The number of hydrogen-bond acceptors (Lipinski definition) is 3. The molecule has 1 saturated heterocycles. The van der Waals surface area contributed by atoms with E-state index in [4.69, 9.17) is 0 Å². The number of aliphatic hydroxyl groups excluding tert-OH is 1. The van der Waals surface area contributed by atoms with Crippen LogP contribution in [0.25, 0.3) is 0 Å². The average molecular weight is 325 g/mol. The Morgan fingerprint density at radius 3 is 2.79 bits per heavy atom. The molecular weight excluding hydrogens is 304 g/mol. The summed E-state index contributed by atoms with van der Waals surface area (Å²) in [6.07, 6.45) is 9.89. The van der Waals surface area contributed by atoms with E-state index in [9.17, 15) is 5.11 Å². The van der Waals surface area contributed by atoms with Crippen molar-refractivity contribution in [2.24, 2.45) is 5.92 Å². The Morgan fingerprint density at radius 2 is 2.05 bits per heavy atom. The van der Waals surface area contributed by atoms with E-state index in [2.05, 4.69) is 25.8 Å². The third-order valence-corrected chi connectivity index (χ3v) is 5.03. The van der Waals surface area contributed by atoms with E-state index in [0.717, 1.165) is 28.3 Å². The highest BCUT2D eigenvalue weighted by Crippen LogP contribution is 2.38. The van der Waals surface area contributed by atoms with Crippen molar-refractivity contribution in [3.8, 4) is 0 Å². The van der Waals surface area contributed by atoms with Crippen molar-refractivity contribution in [1.82, 2.24) is 4.98 Å². The summed E-state index contributed by atoms with van der Waals surface area (Å²) in [6, 6.07) is 2.63. The molecule has 1 atom stereocenters. The highest BCUT2D eigenvalue weighted by atomic mass is 79.9. The third kappa shape index (κ3) is 2.65. The fraction of sp³-hybridized carbons (Fsp3) is 0.667. The van der Waals surface area contributed by atoms with Gasteiger partial charge >= 0.3 is 0 Å². The van der Waals surface area contributed by atoms with Crippen LogP contribution in [-0.2, 0) is 6.61 Å². The molecule has 3 nitrogen and oxygen atoms in total. The number of rotatable bonds is 3. The van der Waals surface area contributed by atoms with Crippen molar-refractivity contribution < 1.29 is 5.11 Å². The Hall–Kier alpha value is -0.610. The molecule has 2 fully saturated rings. The van der Waals surface area contributed by atoms with E-state index in [1.54, 1.807) is 0 Å². The maximum Gasteiger partial charge on any atom is 0.134 e.